The van der Waals surface area contributed by atoms with Gasteiger partial charge in [0.05, 0.1) is 0 Å². The Morgan fingerprint density at radius 1 is 1.06 bits per heavy atom. The van der Waals surface area contributed by atoms with Crippen molar-refractivity contribution in [2.24, 2.45) is 0 Å². The second-order valence-electron chi connectivity index (χ2n) is 4.00. The van der Waals surface area contributed by atoms with E-state index in [0.29, 0.717) is 0 Å². The first-order valence-corrected chi connectivity index (χ1v) is 6.56. The molecule has 0 fully saturated rings. The van der Waals surface area contributed by atoms with Gasteiger partial charge in [-0.2, -0.15) is 17.2 Å². The van der Waals surface area contributed by atoms with Crippen LogP contribution in [0, 0.1) is 0 Å². The Labute approximate surface area is 113 Å². The van der Waals surface area contributed by atoms with Crippen molar-refractivity contribution >= 4 is 30.5 Å². The molecule has 0 atom stereocenters. The summed E-state index contributed by atoms with van der Waals surface area (Å²) in [6.07, 6.45) is 6.18. The van der Waals surface area contributed by atoms with Crippen LogP contribution in [0.2, 0.25) is 0 Å². The molecule has 18 heavy (non-hydrogen) atoms. The molecule has 0 saturated carbocycles. The molecule has 0 aliphatic carbocycles. The number of thiol groups is 1. The maximum Gasteiger partial charge on any atom is 0.205 e. The third kappa shape index (κ3) is 3.14. The first-order valence-electron chi connectivity index (χ1n) is 5.93. The molecular weight excluding hydrogens is 240 g/mol. The molecule has 1 aromatic heterocycles. The zero-order valence-corrected chi connectivity index (χ0v) is 11.1. The number of hydrogen-bond donors (Lipinski definition) is 2. The quantitative estimate of drug-likeness (QED) is 0.492. The lowest BCUT2D eigenvalue weighted by Gasteiger charge is -2.00. The fourth-order valence-electron chi connectivity index (χ4n) is 1.79. The van der Waals surface area contributed by atoms with Crippen LogP contribution < -0.4 is 10.3 Å². The summed E-state index contributed by atoms with van der Waals surface area (Å²) >= 11 is 4.27. The molecule has 1 heterocycles. The van der Waals surface area contributed by atoms with Gasteiger partial charge in [0.1, 0.15) is 0 Å². The number of benzene rings is 1. The topological polar surface area (TPSA) is 29.9 Å². The summed E-state index contributed by atoms with van der Waals surface area (Å²) < 4.78 is 2.17. The fraction of sp³-hybridized carbons (Fsp3) is 0.133. The molecule has 0 radical (unpaired) electrons. The van der Waals surface area contributed by atoms with Crippen molar-refractivity contribution in [3.63, 3.8) is 0 Å². The SMILES string of the molecule is Nc1ccccc1/C=C/c1cccc[n+]1CCS. The Balaban J connectivity index is 2.26. The second-order valence-corrected chi connectivity index (χ2v) is 4.45. The molecule has 2 rings (SSSR count). The lowest BCUT2D eigenvalue weighted by molar-refractivity contribution is -0.694. The van der Waals surface area contributed by atoms with E-state index in [1.807, 2.05) is 42.5 Å². The van der Waals surface area contributed by atoms with Crippen LogP contribution in [0.1, 0.15) is 11.3 Å². The summed E-state index contributed by atoms with van der Waals surface area (Å²) in [6, 6.07) is 14.0. The fourth-order valence-corrected chi connectivity index (χ4v) is 2.01. The van der Waals surface area contributed by atoms with Crippen LogP contribution in [0.4, 0.5) is 5.69 Å². The van der Waals surface area contributed by atoms with E-state index in [2.05, 4.69) is 35.5 Å². The summed E-state index contributed by atoms with van der Waals surface area (Å²) in [4.78, 5) is 0. The van der Waals surface area contributed by atoms with Crippen molar-refractivity contribution in [1.29, 1.82) is 0 Å². The van der Waals surface area contributed by atoms with E-state index >= 15 is 0 Å². The van der Waals surface area contributed by atoms with Crippen LogP contribution in [0.3, 0.4) is 0 Å². The predicted molar refractivity (Wildman–Crippen MR) is 80.3 cm³/mol. The number of pyridine rings is 1. The molecule has 92 valence electrons. The van der Waals surface area contributed by atoms with Crippen molar-refractivity contribution in [1.82, 2.24) is 0 Å². The molecule has 2 nitrogen and oxygen atoms in total. The van der Waals surface area contributed by atoms with Gasteiger partial charge in [0.25, 0.3) is 0 Å². The van der Waals surface area contributed by atoms with Gasteiger partial charge in [0, 0.05) is 29.6 Å². The highest BCUT2D eigenvalue weighted by atomic mass is 32.1. The number of para-hydroxylation sites is 1. The normalized spacial score (nSPS) is 10.9. The summed E-state index contributed by atoms with van der Waals surface area (Å²) in [7, 11) is 0. The van der Waals surface area contributed by atoms with E-state index in [9.17, 15) is 0 Å². The van der Waals surface area contributed by atoms with Gasteiger partial charge in [0.2, 0.25) is 5.69 Å². The maximum atomic E-state index is 5.91. The highest BCUT2D eigenvalue weighted by molar-refractivity contribution is 7.80. The summed E-state index contributed by atoms with van der Waals surface area (Å²) in [5.74, 6) is 0.822. The molecule has 0 unspecified atom stereocenters. The number of hydrogen-bond acceptors (Lipinski definition) is 2. The van der Waals surface area contributed by atoms with Crippen LogP contribution >= 0.6 is 12.6 Å². The largest absolute Gasteiger partial charge is 0.398 e. The highest BCUT2D eigenvalue weighted by Crippen LogP contribution is 2.13. The molecule has 0 aliphatic heterocycles. The van der Waals surface area contributed by atoms with E-state index in [0.717, 1.165) is 29.2 Å². The molecule has 2 N–H and O–H groups in total. The monoisotopic (exact) mass is 257 g/mol. The van der Waals surface area contributed by atoms with Crippen molar-refractivity contribution in [2.45, 2.75) is 6.54 Å². The molecule has 2 aromatic rings. The molecule has 0 bridgehead atoms. The van der Waals surface area contributed by atoms with E-state index in [-0.39, 0.29) is 0 Å². The minimum Gasteiger partial charge on any atom is -0.398 e. The summed E-state index contributed by atoms with van der Waals surface area (Å²) in [5.41, 5.74) is 8.90. The van der Waals surface area contributed by atoms with E-state index in [4.69, 9.17) is 5.73 Å². The minimum absolute atomic E-state index is 0.797. The van der Waals surface area contributed by atoms with Crippen LogP contribution in [-0.2, 0) is 6.54 Å². The molecule has 0 saturated heterocycles. The minimum atomic E-state index is 0.797. The van der Waals surface area contributed by atoms with Crippen LogP contribution in [0.5, 0.6) is 0 Å². The molecule has 1 aromatic carbocycles. The zero-order chi connectivity index (χ0) is 12.8. The number of aromatic nitrogens is 1. The van der Waals surface area contributed by atoms with E-state index in [1.54, 1.807) is 0 Å². The highest BCUT2D eigenvalue weighted by Gasteiger charge is 2.04. The number of nitrogen functional groups attached to an aromatic ring is 1. The van der Waals surface area contributed by atoms with Gasteiger partial charge in [-0.05, 0) is 23.8 Å². The number of rotatable bonds is 4. The number of nitrogens with zero attached hydrogens (tertiary/aromatic N) is 1. The molecule has 0 aliphatic rings. The Morgan fingerprint density at radius 3 is 2.61 bits per heavy atom. The van der Waals surface area contributed by atoms with Crippen molar-refractivity contribution < 1.29 is 4.57 Å². The van der Waals surface area contributed by atoms with Gasteiger partial charge in [0.15, 0.2) is 12.7 Å². The van der Waals surface area contributed by atoms with Gasteiger partial charge in [-0.15, -0.1) is 0 Å². The molecular formula is C15H17N2S+. The molecule has 0 spiro atoms. The molecule has 3 heteroatoms. The van der Waals surface area contributed by atoms with Gasteiger partial charge >= 0.3 is 0 Å². The van der Waals surface area contributed by atoms with Crippen LogP contribution in [0.15, 0.2) is 48.7 Å². The Morgan fingerprint density at radius 2 is 1.83 bits per heavy atom. The van der Waals surface area contributed by atoms with Crippen molar-refractivity contribution in [3.05, 3.63) is 59.9 Å². The third-order valence-electron chi connectivity index (χ3n) is 2.75. The lowest BCUT2D eigenvalue weighted by atomic mass is 10.1. The Bertz CT molecular complexity index is 550. The van der Waals surface area contributed by atoms with Crippen LogP contribution in [-0.4, -0.2) is 5.75 Å². The summed E-state index contributed by atoms with van der Waals surface area (Å²) in [5, 5.41) is 0. The number of aryl methyl sites for hydroxylation is 1. The molecule has 0 amide bonds. The number of nitrogens with two attached hydrogens (primary N) is 1. The average Bonchev–Trinajstić information content (AvgIpc) is 2.40. The standard InChI is InChI=1S/C15H16N2S/c16-15-7-2-1-5-13(15)8-9-14-6-3-4-10-17(14)11-12-18/h1-10,16,18H,11-12H2/p+1. The first-order chi connectivity index (χ1) is 8.81. The smallest absolute Gasteiger partial charge is 0.205 e. The van der Waals surface area contributed by atoms with Gasteiger partial charge in [-0.25, -0.2) is 0 Å². The first kappa shape index (κ1) is 12.7. The predicted octanol–water partition coefficient (Wildman–Crippen LogP) is 2.66. The average molecular weight is 257 g/mol. The van der Waals surface area contributed by atoms with E-state index in [1.165, 1.54) is 0 Å². The Hall–Kier alpha value is -1.74. The lowest BCUT2D eigenvalue weighted by Crippen LogP contribution is -2.37. The van der Waals surface area contributed by atoms with Crippen LogP contribution in [0.25, 0.3) is 12.2 Å². The van der Waals surface area contributed by atoms with Gasteiger partial charge < -0.3 is 5.73 Å². The van der Waals surface area contributed by atoms with Crippen molar-refractivity contribution in [3.8, 4) is 0 Å². The number of anilines is 1. The maximum absolute atomic E-state index is 5.91. The second kappa shape index (κ2) is 6.26. The van der Waals surface area contributed by atoms with Gasteiger partial charge in [-0.1, -0.05) is 18.2 Å². The van der Waals surface area contributed by atoms with Crippen molar-refractivity contribution in [2.75, 3.05) is 11.5 Å². The van der Waals surface area contributed by atoms with E-state index < -0.39 is 0 Å². The van der Waals surface area contributed by atoms with Gasteiger partial charge in [-0.3, -0.25) is 0 Å². The Kier molecular flexibility index (Phi) is 4.42. The third-order valence-corrected chi connectivity index (χ3v) is 2.95. The zero-order valence-electron chi connectivity index (χ0n) is 10.2. The summed E-state index contributed by atoms with van der Waals surface area (Å²) in [6.45, 7) is 0.897.